The standard InChI is InChI=1S/C15H24O2/c1-3-15(13-16,11-7-8-12-17-2)14-9-5-4-6-10-14/h4-6,9-10,16H,3,7-8,11-13H2,1-2H3. The molecular formula is C15H24O2. The average molecular weight is 236 g/mol. The normalized spacial score (nSPS) is 14.5. The van der Waals surface area contributed by atoms with Crippen molar-refractivity contribution < 1.29 is 9.84 Å². The number of hydrogen-bond donors (Lipinski definition) is 1. The van der Waals surface area contributed by atoms with Crippen LogP contribution < -0.4 is 0 Å². The fraction of sp³-hybridized carbons (Fsp3) is 0.600. The van der Waals surface area contributed by atoms with E-state index in [4.69, 9.17) is 4.74 Å². The summed E-state index contributed by atoms with van der Waals surface area (Å²) in [6, 6.07) is 10.4. The molecule has 1 N–H and O–H groups in total. The molecule has 0 aliphatic heterocycles. The molecular weight excluding hydrogens is 212 g/mol. The van der Waals surface area contributed by atoms with Gasteiger partial charge >= 0.3 is 0 Å². The van der Waals surface area contributed by atoms with Gasteiger partial charge in [0.25, 0.3) is 0 Å². The van der Waals surface area contributed by atoms with Crippen LogP contribution in [0, 0.1) is 0 Å². The van der Waals surface area contributed by atoms with Gasteiger partial charge in [-0.2, -0.15) is 0 Å². The summed E-state index contributed by atoms with van der Waals surface area (Å²) in [5.74, 6) is 0. The van der Waals surface area contributed by atoms with Gasteiger partial charge in [-0.15, -0.1) is 0 Å². The van der Waals surface area contributed by atoms with Gasteiger partial charge in [0, 0.05) is 19.1 Å². The van der Waals surface area contributed by atoms with Crippen molar-refractivity contribution in [3.8, 4) is 0 Å². The first kappa shape index (κ1) is 14.2. The van der Waals surface area contributed by atoms with Gasteiger partial charge in [-0.3, -0.25) is 0 Å². The molecule has 0 bridgehead atoms. The highest BCUT2D eigenvalue weighted by Gasteiger charge is 2.28. The van der Waals surface area contributed by atoms with Crippen molar-refractivity contribution in [1.29, 1.82) is 0 Å². The van der Waals surface area contributed by atoms with Gasteiger partial charge in [-0.05, 0) is 24.8 Å². The summed E-state index contributed by atoms with van der Waals surface area (Å²) in [7, 11) is 1.73. The van der Waals surface area contributed by atoms with Gasteiger partial charge in [-0.25, -0.2) is 0 Å². The minimum absolute atomic E-state index is 0.0744. The fourth-order valence-electron chi connectivity index (χ4n) is 2.31. The Morgan fingerprint density at radius 1 is 1.18 bits per heavy atom. The van der Waals surface area contributed by atoms with Gasteiger partial charge in [0.1, 0.15) is 0 Å². The summed E-state index contributed by atoms with van der Waals surface area (Å²) in [4.78, 5) is 0. The SMILES string of the molecule is CCC(CO)(CCCCOC)c1ccccc1. The van der Waals surface area contributed by atoms with Crippen molar-refractivity contribution in [2.45, 2.75) is 38.0 Å². The monoisotopic (exact) mass is 236 g/mol. The molecule has 1 atom stereocenters. The van der Waals surface area contributed by atoms with Gasteiger partial charge in [0.2, 0.25) is 0 Å². The lowest BCUT2D eigenvalue weighted by molar-refractivity contribution is 0.161. The lowest BCUT2D eigenvalue weighted by Gasteiger charge is -2.31. The molecule has 2 nitrogen and oxygen atoms in total. The third-order valence-electron chi connectivity index (χ3n) is 3.62. The third-order valence-corrected chi connectivity index (χ3v) is 3.62. The zero-order chi connectivity index (χ0) is 12.6. The Kier molecular flexibility index (Phi) is 6.23. The Balaban J connectivity index is 2.68. The van der Waals surface area contributed by atoms with E-state index in [0.29, 0.717) is 0 Å². The van der Waals surface area contributed by atoms with Crippen LogP contribution in [-0.2, 0) is 10.2 Å². The van der Waals surface area contributed by atoms with Crippen LogP contribution in [0.25, 0.3) is 0 Å². The van der Waals surface area contributed by atoms with Gasteiger partial charge in [0.05, 0.1) is 6.61 Å². The van der Waals surface area contributed by atoms with E-state index in [2.05, 4.69) is 19.1 Å². The predicted molar refractivity (Wildman–Crippen MR) is 71.2 cm³/mol. The van der Waals surface area contributed by atoms with E-state index >= 15 is 0 Å². The van der Waals surface area contributed by atoms with Crippen LogP contribution in [0.4, 0.5) is 0 Å². The number of aliphatic hydroxyl groups excluding tert-OH is 1. The van der Waals surface area contributed by atoms with Crippen LogP contribution in [0.3, 0.4) is 0 Å². The second-order valence-corrected chi connectivity index (χ2v) is 4.61. The van der Waals surface area contributed by atoms with Crippen molar-refractivity contribution >= 4 is 0 Å². The van der Waals surface area contributed by atoms with E-state index < -0.39 is 0 Å². The number of methoxy groups -OCH3 is 1. The van der Waals surface area contributed by atoms with Crippen molar-refractivity contribution in [3.05, 3.63) is 35.9 Å². The lowest BCUT2D eigenvalue weighted by Crippen LogP contribution is -2.29. The van der Waals surface area contributed by atoms with E-state index in [9.17, 15) is 5.11 Å². The summed E-state index contributed by atoms with van der Waals surface area (Å²) in [5.41, 5.74) is 1.18. The predicted octanol–water partition coefficient (Wildman–Crippen LogP) is 3.14. The molecule has 0 saturated carbocycles. The number of benzene rings is 1. The summed E-state index contributed by atoms with van der Waals surface area (Å²) in [6.45, 7) is 3.18. The van der Waals surface area contributed by atoms with Gasteiger partial charge in [-0.1, -0.05) is 43.7 Å². The summed E-state index contributed by atoms with van der Waals surface area (Å²) in [6.07, 6.45) is 4.15. The molecule has 0 spiro atoms. The van der Waals surface area contributed by atoms with Gasteiger partial charge < -0.3 is 9.84 Å². The summed E-state index contributed by atoms with van der Waals surface area (Å²) in [5, 5.41) is 9.76. The Morgan fingerprint density at radius 3 is 2.41 bits per heavy atom. The second kappa shape index (κ2) is 7.46. The van der Waals surface area contributed by atoms with Crippen LogP contribution in [0.5, 0.6) is 0 Å². The molecule has 96 valence electrons. The molecule has 0 aliphatic carbocycles. The van der Waals surface area contributed by atoms with Crippen LogP contribution in [-0.4, -0.2) is 25.4 Å². The van der Waals surface area contributed by atoms with E-state index in [-0.39, 0.29) is 12.0 Å². The number of aliphatic hydroxyl groups is 1. The smallest absolute Gasteiger partial charge is 0.0527 e. The van der Waals surface area contributed by atoms with Crippen LogP contribution in [0.2, 0.25) is 0 Å². The highest BCUT2D eigenvalue weighted by atomic mass is 16.5. The Bertz CT molecular complexity index is 291. The molecule has 0 saturated heterocycles. The molecule has 2 heteroatoms. The van der Waals surface area contributed by atoms with Crippen molar-refractivity contribution in [1.82, 2.24) is 0 Å². The maximum atomic E-state index is 9.76. The molecule has 0 aromatic heterocycles. The largest absolute Gasteiger partial charge is 0.395 e. The molecule has 1 aromatic carbocycles. The molecule has 1 aromatic rings. The number of unbranched alkanes of at least 4 members (excludes halogenated alkanes) is 1. The number of hydrogen-bond acceptors (Lipinski definition) is 2. The van der Waals surface area contributed by atoms with Crippen LogP contribution in [0.15, 0.2) is 30.3 Å². The minimum Gasteiger partial charge on any atom is -0.395 e. The zero-order valence-corrected chi connectivity index (χ0v) is 11.0. The third kappa shape index (κ3) is 3.83. The first-order valence-corrected chi connectivity index (χ1v) is 6.44. The number of ether oxygens (including phenoxy) is 1. The first-order valence-electron chi connectivity index (χ1n) is 6.44. The van der Waals surface area contributed by atoms with Crippen molar-refractivity contribution in [2.24, 2.45) is 0 Å². The lowest BCUT2D eigenvalue weighted by atomic mass is 9.75. The topological polar surface area (TPSA) is 29.5 Å². The Morgan fingerprint density at radius 2 is 1.88 bits per heavy atom. The van der Waals surface area contributed by atoms with Gasteiger partial charge in [0.15, 0.2) is 0 Å². The second-order valence-electron chi connectivity index (χ2n) is 4.61. The molecule has 1 rings (SSSR count). The summed E-state index contributed by atoms with van der Waals surface area (Å²) < 4.78 is 5.07. The fourth-order valence-corrected chi connectivity index (χ4v) is 2.31. The van der Waals surface area contributed by atoms with E-state index in [1.807, 2.05) is 18.2 Å². The Hall–Kier alpha value is -0.860. The molecule has 0 fully saturated rings. The van der Waals surface area contributed by atoms with Crippen LogP contribution in [0.1, 0.15) is 38.2 Å². The highest BCUT2D eigenvalue weighted by Crippen LogP contribution is 2.32. The maximum Gasteiger partial charge on any atom is 0.0527 e. The number of rotatable bonds is 8. The summed E-state index contributed by atoms with van der Waals surface area (Å²) >= 11 is 0. The molecule has 1 unspecified atom stereocenters. The minimum atomic E-state index is -0.0744. The maximum absolute atomic E-state index is 9.76. The van der Waals surface area contributed by atoms with E-state index in [0.717, 1.165) is 32.3 Å². The van der Waals surface area contributed by atoms with Crippen molar-refractivity contribution in [3.63, 3.8) is 0 Å². The highest BCUT2D eigenvalue weighted by molar-refractivity contribution is 5.25. The average Bonchev–Trinajstić information content (AvgIpc) is 2.41. The quantitative estimate of drug-likeness (QED) is 0.703. The van der Waals surface area contributed by atoms with Crippen LogP contribution >= 0.6 is 0 Å². The van der Waals surface area contributed by atoms with E-state index in [1.165, 1.54) is 5.56 Å². The molecule has 0 radical (unpaired) electrons. The molecule has 0 heterocycles. The Labute approximate surface area is 105 Å². The zero-order valence-electron chi connectivity index (χ0n) is 11.0. The van der Waals surface area contributed by atoms with E-state index in [1.54, 1.807) is 7.11 Å². The molecule has 0 aliphatic rings. The first-order chi connectivity index (χ1) is 8.29. The van der Waals surface area contributed by atoms with Crippen molar-refractivity contribution in [2.75, 3.05) is 20.3 Å². The molecule has 17 heavy (non-hydrogen) atoms. The molecule has 0 amide bonds.